The maximum atomic E-state index is 12.6. The van der Waals surface area contributed by atoms with Gasteiger partial charge in [0, 0.05) is 18.8 Å². The predicted molar refractivity (Wildman–Crippen MR) is 73.9 cm³/mol. The first-order valence-electron chi connectivity index (χ1n) is 6.61. The van der Waals surface area contributed by atoms with Gasteiger partial charge in [-0.3, -0.25) is 0 Å². The quantitative estimate of drug-likeness (QED) is 0.870. The van der Waals surface area contributed by atoms with Crippen LogP contribution in [-0.4, -0.2) is 38.2 Å². The van der Waals surface area contributed by atoms with Crippen molar-refractivity contribution >= 4 is 16.0 Å². The SMILES string of the molecule is Cc1oc(C)c(S(=O)(=O)NC2(C)CCOCC2)c1C(=O)O. The first kappa shape index (κ1) is 16.0. The first-order chi connectivity index (χ1) is 9.66. The molecule has 0 radical (unpaired) electrons. The van der Waals surface area contributed by atoms with Gasteiger partial charge in [-0.1, -0.05) is 0 Å². The van der Waals surface area contributed by atoms with Crippen LogP contribution in [0, 0.1) is 13.8 Å². The third kappa shape index (κ3) is 3.12. The van der Waals surface area contributed by atoms with E-state index >= 15 is 0 Å². The zero-order valence-corrected chi connectivity index (χ0v) is 13.0. The fraction of sp³-hybridized carbons (Fsp3) is 0.615. The molecule has 0 amide bonds. The minimum absolute atomic E-state index is 0.0769. The molecular formula is C13H19NO6S. The topological polar surface area (TPSA) is 106 Å². The van der Waals surface area contributed by atoms with Crippen LogP contribution in [0.3, 0.4) is 0 Å². The van der Waals surface area contributed by atoms with E-state index in [2.05, 4.69) is 4.72 Å². The van der Waals surface area contributed by atoms with Crippen LogP contribution in [0.25, 0.3) is 0 Å². The summed E-state index contributed by atoms with van der Waals surface area (Å²) in [5, 5.41) is 9.22. The summed E-state index contributed by atoms with van der Waals surface area (Å²) >= 11 is 0. The van der Waals surface area contributed by atoms with Crippen LogP contribution in [-0.2, 0) is 14.8 Å². The molecule has 21 heavy (non-hydrogen) atoms. The van der Waals surface area contributed by atoms with Crippen molar-refractivity contribution in [1.82, 2.24) is 4.72 Å². The summed E-state index contributed by atoms with van der Waals surface area (Å²) in [5.74, 6) is -1.16. The molecule has 0 spiro atoms. The van der Waals surface area contributed by atoms with Crippen molar-refractivity contribution in [3.8, 4) is 0 Å². The molecule has 1 saturated heterocycles. The number of aromatic carboxylic acids is 1. The third-order valence-corrected chi connectivity index (χ3v) is 5.46. The number of sulfonamides is 1. The number of hydrogen-bond acceptors (Lipinski definition) is 5. The van der Waals surface area contributed by atoms with Gasteiger partial charge in [0.15, 0.2) is 0 Å². The number of carboxylic acid groups (broad SMARTS) is 1. The molecule has 2 N–H and O–H groups in total. The van der Waals surface area contributed by atoms with Crippen molar-refractivity contribution in [1.29, 1.82) is 0 Å². The summed E-state index contributed by atoms with van der Waals surface area (Å²) in [6, 6.07) is 0. The first-order valence-corrected chi connectivity index (χ1v) is 8.10. The molecule has 0 unspecified atom stereocenters. The van der Waals surface area contributed by atoms with E-state index in [9.17, 15) is 18.3 Å². The summed E-state index contributed by atoms with van der Waals surface area (Å²) in [7, 11) is -3.98. The number of hydrogen-bond donors (Lipinski definition) is 2. The molecule has 0 atom stereocenters. The molecule has 118 valence electrons. The van der Waals surface area contributed by atoms with Crippen LogP contribution in [0.5, 0.6) is 0 Å². The van der Waals surface area contributed by atoms with Crippen LogP contribution >= 0.6 is 0 Å². The van der Waals surface area contributed by atoms with Crippen molar-refractivity contribution in [2.75, 3.05) is 13.2 Å². The predicted octanol–water partition coefficient (Wildman–Crippen LogP) is 1.44. The van der Waals surface area contributed by atoms with E-state index in [-0.39, 0.29) is 22.0 Å². The minimum Gasteiger partial charge on any atom is -0.478 e. The number of rotatable bonds is 4. The largest absolute Gasteiger partial charge is 0.478 e. The Balaban J connectivity index is 2.43. The summed E-state index contributed by atoms with van der Waals surface area (Å²) in [6.45, 7) is 5.60. The molecular weight excluding hydrogens is 298 g/mol. The normalized spacial score (nSPS) is 18.6. The molecule has 8 heteroatoms. The van der Waals surface area contributed by atoms with Crippen molar-refractivity contribution in [3.63, 3.8) is 0 Å². The van der Waals surface area contributed by atoms with E-state index in [1.165, 1.54) is 13.8 Å². The molecule has 1 aliphatic rings. The van der Waals surface area contributed by atoms with E-state index in [4.69, 9.17) is 9.15 Å². The summed E-state index contributed by atoms with van der Waals surface area (Å²) in [4.78, 5) is 11.0. The lowest BCUT2D eigenvalue weighted by atomic mass is 9.94. The minimum atomic E-state index is -3.98. The standard InChI is InChI=1S/C13H19NO6S/c1-8-10(12(15)16)11(9(2)20-8)21(17,18)14-13(3)4-6-19-7-5-13/h14H,4-7H2,1-3H3,(H,15,16). The highest BCUT2D eigenvalue weighted by Crippen LogP contribution is 2.29. The Hall–Kier alpha value is -1.38. The lowest BCUT2D eigenvalue weighted by Crippen LogP contribution is -2.49. The van der Waals surface area contributed by atoms with Gasteiger partial charge in [-0.15, -0.1) is 0 Å². The highest BCUT2D eigenvalue weighted by molar-refractivity contribution is 7.89. The average Bonchev–Trinajstić information content (AvgIpc) is 2.64. The summed E-state index contributed by atoms with van der Waals surface area (Å²) < 4.78 is 38.2. The van der Waals surface area contributed by atoms with E-state index in [1.807, 2.05) is 0 Å². The third-order valence-electron chi connectivity index (χ3n) is 3.66. The van der Waals surface area contributed by atoms with Gasteiger partial charge in [-0.05, 0) is 33.6 Å². The van der Waals surface area contributed by atoms with E-state index < -0.39 is 21.5 Å². The van der Waals surface area contributed by atoms with Gasteiger partial charge in [0.2, 0.25) is 10.0 Å². The smallest absolute Gasteiger partial charge is 0.340 e. The van der Waals surface area contributed by atoms with Gasteiger partial charge in [0.05, 0.1) is 0 Å². The molecule has 1 aromatic rings. The Labute approximate surface area is 123 Å². The summed E-state index contributed by atoms with van der Waals surface area (Å²) in [5.41, 5.74) is -0.958. The Bertz CT molecular complexity index is 654. The van der Waals surface area contributed by atoms with Gasteiger partial charge in [-0.2, -0.15) is 0 Å². The molecule has 1 aliphatic heterocycles. The van der Waals surface area contributed by atoms with Crippen molar-refractivity contribution < 1.29 is 27.5 Å². The fourth-order valence-corrected chi connectivity index (χ4v) is 4.41. The summed E-state index contributed by atoms with van der Waals surface area (Å²) in [6.07, 6.45) is 1.06. The Morgan fingerprint density at radius 2 is 1.81 bits per heavy atom. The highest BCUT2D eigenvalue weighted by atomic mass is 32.2. The highest BCUT2D eigenvalue weighted by Gasteiger charge is 2.37. The van der Waals surface area contributed by atoms with Crippen LogP contribution in [0.1, 0.15) is 41.6 Å². The lowest BCUT2D eigenvalue weighted by Gasteiger charge is -2.33. The maximum Gasteiger partial charge on any atom is 0.340 e. The van der Waals surface area contributed by atoms with Gasteiger partial charge < -0.3 is 14.3 Å². The van der Waals surface area contributed by atoms with E-state index in [1.54, 1.807) is 6.92 Å². The second-order valence-electron chi connectivity index (χ2n) is 5.50. The van der Waals surface area contributed by atoms with Crippen LogP contribution in [0.4, 0.5) is 0 Å². The maximum absolute atomic E-state index is 12.6. The van der Waals surface area contributed by atoms with E-state index in [0.717, 1.165) is 0 Å². The molecule has 1 aromatic heterocycles. The molecule has 2 heterocycles. The van der Waals surface area contributed by atoms with Gasteiger partial charge in [0.1, 0.15) is 22.0 Å². The fourth-order valence-electron chi connectivity index (χ4n) is 2.53. The number of nitrogens with one attached hydrogen (secondary N) is 1. The lowest BCUT2D eigenvalue weighted by molar-refractivity contribution is 0.0536. The molecule has 0 bridgehead atoms. The number of carbonyl (C=O) groups is 1. The number of aryl methyl sites for hydroxylation is 2. The van der Waals surface area contributed by atoms with Crippen LogP contribution in [0.2, 0.25) is 0 Å². The zero-order valence-electron chi connectivity index (χ0n) is 12.2. The molecule has 7 nitrogen and oxygen atoms in total. The van der Waals surface area contributed by atoms with Gasteiger partial charge >= 0.3 is 5.97 Å². The van der Waals surface area contributed by atoms with Crippen molar-refractivity contribution in [3.05, 3.63) is 17.1 Å². The Morgan fingerprint density at radius 1 is 1.24 bits per heavy atom. The molecule has 2 rings (SSSR count). The van der Waals surface area contributed by atoms with Crippen LogP contribution < -0.4 is 4.72 Å². The van der Waals surface area contributed by atoms with Gasteiger partial charge in [-0.25, -0.2) is 17.9 Å². The zero-order chi connectivity index (χ0) is 15.8. The molecule has 0 saturated carbocycles. The number of carboxylic acids is 1. The number of ether oxygens (including phenoxy) is 1. The Kier molecular flexibility index (Phi) is 4.14. The number of furan rings is 1. The molecule has 0 aliphatic carbocycles. The van der Waals surface area contributed by atoms with Gasteiger partial charge in [0.25, 0.3) is 0 Å². The van der Waals surface area contributed by atoms with E-state index in [0.29, 0.717) is 26.1 Å². The van der Waals surface area contributed by atoms with Crippen molar-refractivity contribution in [2.24, 2.45) is 0 Å². The van der Waals surface area contributed by atoms with Crippen molar-refractivity contribution in [2.45, 2.75) is 44.0 Å². The monoisotopic (exact) mass is 317 g/mol. The molecule has 0 aromatic carbocycles. The average molecular weight is 317 g/mol. The second-order valence-corrected chi connectivity index (χ2v) is 7.12. The molecule has 1 fully saturated rings. The second kappa shape index (κ2) is 5.43. The Morgan fingerprint density at radius 3 is 2.33 bits per heavy atom. The van der Waals surface area contributed by atoms with Crippen LogP contribution in [0.15, 0.2) is 9.31 Å².